The standard InChI is InChI=1S/C23H29N5O/c1-4-15(2)28-16(3)11-19-20(23(24)29)12-18(13-21(19)28)17-5-6-22(26-14-17)27-9-7-25-8-10-27/h5-6,11-15,25H,4,7-10H2,1-3H3,(H2,24,29)/t15-/m0/s1. The summed E-state index contributed by atoms with van der Waals surface area (Å²) in [6.07, 6.45) is 2.91. The summed E-state index contributed by atoms with van der Waals surface area (Å²) in [5.41, 5.74) is 10.4. The fraction of sp³-hybridized carbons (Fsp3) is 0.391. The van der Waals surface area contributed by atoms with Gasteiger partial charge in [-0.25, -0.2) is 4.98 Å². The Morgan fingerprint density at radius 3 is 2.59 bits per heavy atom. The molecule has 3 N–H and O–H groups in total. The molecule has 1 aromatic carbocycles. The van der Waals surface area contributed by atoms with Crippen molar-refractivity contribution in [2.24, 2.45) is 5.73 Å². The molecule has 1 amide bonds. The molecule has 0 saturated carbocycles. The lowest BCUT2D eigenvalue weighted by atomic mass is 10.0. The zero-order valence-electron chi connectivity index (χ0n) is 17.4. The van der Waals surface area contributed by atoms with Gasteiger partial charge in [0.2, 0.25) is 5.91 Å². The molecule has 1 atom stereocenters. The first-order valence-electron chi connectivity index (χ1n) is 10.4. The van der Waals surface area contributed by atoms with Gasteiger partial charge in [0.05, 0.1) is 0 Å². The third-order valence-electron chi connectivity index (χ3n) is 5.97. The number of piperazine rings is 1. The number of primary amides is 1. The van der Waals surface area contributed by atoms with Gasteiger partial charge in [0.1, 0.15) is 5.82 Å². The highest BCUT2D eigenvalue weighted by Crippen LogP contribution is 2.33. The van der Waals surface area contributed by atoms with Crippen molar-refractivity contribution in [1.29, 1.82) is 0 Å². The van der Waals surface area contributed by atoms with Gasteiger partial charge in [-0.15, -0.1) is 0 Å². The summed E-state index contributed by atoms with van der Waals surface area (Å²) in [4.78, 5) is 19.2. The number of aryl methyl sites for hydroxylation is 1. The minimum atomic E-state index is -0.399. The molecular weight excluding hydrogens is 362 g/mol. The molecule has 0 unspecified atom stereocenters. The average Bonchev–Trinajstić information content (AvgIpc) is 3.08. The maximum Gasteiger partial charge on any atom is 0.249 e. The Labute approximate surface area is 171 Å². The first kappa shape index (κ1) is 19.5. The first-order valence-corrected chi connectivity index (χ1v) is 10.4. The van der Waals surface area contributed by atoms with E-state index in [4.69, 9.17) is 5.73 Å². The Morgan fingerprint density at radius 1 is 1.21 bits per heavy atom. The van der Waals surface area contributed by atoms with E-state index in [1.807, 2.05) is 12.3 Å². The summed E-state index contributed by atoms with van der Waals surface area (Å²) in [6.45, 7) is 10.3. The molecule has 152 valence electrons. The van der Waals surface area contributed by atoms with Crippen LogP contribution < -0.4 is 16.0 Å². The molecule has 3 aromatic rings. The molecule has 0 spiro atoms. The van der Waals surface area contributed by atoms with Crippen molar-refractivity contribution in [2.45, 2.75) is 33.2 Å². The second kappa shape index (κ2) is 7.87. The Bertz CT molecular complexity index is 1030. The van der Waals surface area contributed by atoms with Crippen LogP contribution in [0.2, 0.25) is 0 Å². The van der Waals surface area contributed by atoms with Crippen LogP contribution in [0.25, 0.3) is 22.0 Å². The van der Waals surface area contributed by atoms with Gasteiger partial charge in [0.15, 0.2) is 0 Å². The van der Waals surface area contributed by atoms with Gasteiger partial charge in [-0.3, -0.25) is 4.79 Å². The van der Waals surface area contributed by atoms with Crippen molar-refractivity contribution in [3.8, 4) is 11.1 Å². The second-order valence-electron chi connectivity index (χ2n) is 7.88. The molecule has 29 heavy (non-hydrogen) atoms. The maximum atomic E-state index is 12.2. The minimum Gasteiger partial charge on any atom is -0.366 e. The maximum absolute atomic E-state index is 12.2. The number of fused-ring (bicyclic) bond motifs is 1. The smallest absolute Gasteiger partial charge is 0.249 e. The van der Waals surface area contributed by atoms with Crippen molar-refractivity contribution < 1.29 is 4.79 Å². The normalized spacial score (nSPS) is 15.6. The van der Waals surface area contributed by atoms with Gasteiger partial charge in [0, 0.05) is 66.1 Å². The summed E-state index contributed by atoms with van der Waals surface area (Å²) >= 11 is 0. The van der Waals surface area contributed by atoms with E-state index in [-0.39, 0.29) is 0 Å². The summed E-state index contributed by atoms with van der Waals surface area (Å²) < 4.78 is 2.30. The summed E-state index contributed by atoms with van der Waals surface area (Å²) in [5, 5.41) is 4.28. The van der Waals surface area contributed by atoms with E-state index in [0.717, 1.165) is 66.1 Å². The Hall–Kier alpha value is -2.86. The van der Waals surface area contributed by atoms with E-state index in [1.165, 1.54) is 0 Å². The van der Waals surface area contributed by atoms with Crippen molar-refractivity contribution >= 4 is 22.6 Å². The van der Waals surface area contributed by atoms with Crippen LogP contribution in [0.1, 0.15) is 42.4 Å². The molecule has 2 aromatic heterocycles. The van der Waals surface area contributed by atoms with E-state index in [0.29, 0.717) is 11.6 Å². The van der Waals surface area contributed by atoms with Crippen LogP contribution in [0.3, 0.4) is 0 Å². The monoisotopic (exact) mass is 391 g/mol. The third kappa shape index (κ3) is 3.60. The van der Waals surface area contributed by atoms with Crippen LogP contribution in [0.5, 0.6) is 0 Å². The van der Waals surface area contributed by atoms with Gasteiger partial charge in [-0.1, -0.05) is 6.92 Å². The molecule has 1 fully saturated rings. The number of amides is 1. The molecule has 6 nitrogen and oxygen atoms in total. The number of aromatic nitrogens is 2. The molecule has 4 rings (SSSR count). The molecule has 3 heterocycles. The van der Waals surface area contributed by atoms with Crippen LogP contribution in [0.15, 0.2) is 36.5 Å². The van der Waals surface area contributed by atoms with Crippen LogP contribution >= 0.6 is 0 Å². The quantitative estimate of drug-likeness (QED) is 0.698. The number of anilines is 1. The largest absolute Gasteiger partial charge is 0.366 e. The predicted molar refractivity (Wildman–Crippen MR) is 119 cm³/mol. The van der Waals surface area contributed by atoms with E-state index in [2.05, 4.69) is 64.8 Å². The number of pyridine rings is 1. The third-order valence-corrected chi connectivity index (χ3v) is 5.97. The zero-order valence-corrected chi connectivity index (χ0v) is 17.4. The molecule has 1 saturated heterocycles. The highest BCUT2D eigenvalue weighted by Gasteiger charge is 2.18. The van der Waals surface area contributed by atoms with Gasteiger partial charge in [0.25, 0.3) is 0 Å². The van der Waals surface area contributed by atoms with Gasteiger partial charge < -0.3 is 20.5 Å². The number of hydrogen-bond donors (Lipinski definition) is 2. The number of rotatable bonds is 5. The highest BCUT2D eigenvalue weighted by molar-refractivity contribution is 6.08. The molecule has 0 bridgehead atoms. The minimum absolute atomic E-state index is 0.344. The highest BCUT2D eigenvalue weighted by atomic mass is 16.1. The second-order valence-corrected chi connectivity index (χ2v) is 7.88. The predicted octanol–water partition coefficient (Wildman–Crippen LogP) is 3.49. The molecule has 1 aliphatic rings. The topological polar surface area (TPSA) is 76.2 Å². The number of nitrogens with two attached hydrogens (primary N) is 1. The number of nitrogens with one attached hydrogen (secondary N) is 1. The lowest BCUT2D eigenvalue weighted by Crippen LogP contribution is -2.43. The van der Waals surface area contributed by atoms with Crippen molar-refractivity contribution in [1.82, 2.24) is 14.9 Å². The van der Waals surface area contributed by atoms with Crippen LogP contribution in [-0.2, 0) is 0 Å². The number of nitrogens with zero attached hydrogens (tertiary/aromatic N) is 3. The van der Waals surface area contributed by atoms with Crippen molar-refractivity contribution in [3.63, 3.8) is 0 Å². The van der Waals surface area contributed by atoms with E-state index in [9.17, 15) is 4.79 Å². The van der Waals surface area contributed by atoms with E-state index in [1.54, 1.807) is 0 Å². The van der Waals surface area contributed by atoms with Crippen molar-refractivity contribution in [2.75, 3.05) is 31.1 Å². The summed E-state index contributed by atoms with van der Waals surface area (Å²) in [5.74, 6) is 0.592. The molecule has 0 aliphatic carbocycles. The molecule has 0 radical (unpaired) electrons. The van der Waals surface area contributed by atoms with Crippen LogP contribution in [0, 0.1) is 6.92 Å². The average molecular weight is 392 g/mol. The molecule has 6 heteroatoms. The summed E-state index contributed by atoms with van der Waals surface area (Å²) in [7, 11) is 0. The van der Waals surface area contributed by atoms with Crippen LogP contribution in [0.4, 0.5) is 5.82 Å². The number of hydrogen-bond acceptors (Lipinski definition) is 4. The Morgan fingerprint density at radius 2 is 1.97 bits per heavy atom. The van der Waals surface area contributed by atoms with Crippen molar-refractivity contribution in [3.05, 3.63) is 47.8 Å². The summed E-state index contributed by atoms with van der Waals surface area (Å²) in [6, 6.07) is 10.6. The van der Waals surface area contributed by atoms with E-state index < -0.39 is 5.91 Å². The number of carbonyl (C=O) groups excluding carboxylic acids is 1. The SMILES string of the molecule is CC[C@H](C)n1c(C)cc2c(C(N)=O)cc(-c3ccc(N4CCNCC4)nc3)cc21. The fourth-order valence-corrected chi connectivity index (χ4v) is 4.23. The number of benzene rings is 1. The first-order chi connectivity index (χ1) is 14.0. The number of carbonyl (C=O) groups is 1. The van der Waals surface area contributed by atoms with Gasteiger partial charge >= 0.3 is 0 Å². The Kier molecular flexibility index (Phi) is 5.28. The Balaban J connectivity index is 1.80. The zero-order chi connectivity index (χ0) is 20.5. The molecular formula is C23H29N5O. The van der Waals surface area contributed by atoms with E-state index >= 15 is 0 Å². The lowest BCUT2D eigenvalue weighted by Gasteiger charge is -2.28. The fourth-order valence-electron chi connectivity index (χ4n) is 4.23. The van der Waals surface area contributed by atoms with Gasteiger partial charge in [-0.2, -0.15) is 0 Å². The lowest BCUT2D eigenvalue weighted by molar-refractivity contribution is 0.100. The molecule has 1 aliphatic heterocycles. The van der Waals surface area contributed by atoms with Gasteiger partial charge in [-0.05, 0) is 56.2 Å². The van der Waals surface area contributed by atoms with Crippen LogP contribution in [-0.4, -0.2) is 41.6 Å².